The molecular formula is C68H55BN2. The van der Waals surface area contributed by atoms with E-state index in [1.807, 2.05) is 0 Å². The van der Waals surface area contributed by atoms with E-state index < -0.39 is 0 Å². The quantitative estimate of drug-likeness (QED) is 0.123. The second kappa shape index (κ2) is 15.3. The number of rotatable bonds is 5. The molecule has 11 aromatic carbocycles. The van der Waals surface area contributed by atoms with Crippen molar-refractivity contribution in [1.29, 1.82) is 0 Å². The van der Waals surface area contributed by atoms with Gasteiger partial charge in [-0.05, 0) is 153 Å². The number of anilines is 3. The van der Waals surface area contributed by atoms with Crippen LogP contribution in [0.1, 0.15) is 74.9 Å². The van der Waals surface area contributed by atoms with Crippen molar-refractivity contribution in [3.05, 3.63) is 234 Å². The minimum atomic E-state index is -0.113. The fourth-order valence-corrected chi connectivity index (χ4v) is 12.7. The maximum absolute atomic E-state index is 2.75. The zero-order valence-electron chi connectivity index (χ0n) is 41.4. The lowest BCUT2D eigenvalue weighted by Gasteiger charge is -2.42. The average molecular weight is 911 g/mol. The molecule has 0 bridgehead atoms. The molecule has 0 unspecified atom stereocenters. The summed E-state index contributed by atoms with van der Waals surface area (Å²) in [5, 5.41) is 13.1. The molecule has 0 saturated carbocycles. The maximum Gasteiger partial charge on any atom is 0.333 e. The minimum Gasteiger partial charge on any atom is -0.375 e. The van der Waals surface area contributed by atoms with Gasteiger partial charge in [0.05, 0.1) is 0 Å². The molecule has 2 aliphatic heterocycles. The van der Waals surface area contributed by atoms with Crippen molar-refractivity contribution in [2.24, 2.45) is 0 Å². The van der Waals surface area contributed by atoms with Crippen LogP contribution in [-0.2, 0) is 23.7 Å². The lowest BCUT2D eigenvalue weighted by Crippen LogP contribution is -2.56. The number of benzene rings is 11. The van der Waals surface area contributed by atoms with Gasteiger partial charge in [0.1, 0.15) is 0 Å². The van der Waals surface area contributed by atoms with Gasteiger partial charge < -0.3 is 9.38 Å². The van der Waals surface area contributed by atoms with Gasteiger partial charge in [0.15, 0.2) is 0 Å². The number of para-hydroxylation sites is 1. The first-order valence-electron chi connectivity index (χ1n) is 25.5. The molecule has 3 heterocycles. The highest BCUT2D eigenvalue weighted by atomic mass is 15.2. The standard InChI is InChI=1S/C68H55BN2/c1-67(2,3)46-37-47(68(4,5)6)39-48(38-46)70-61-41-57-55(34-43-23-11-8-12-24-43)52-30-18-17-29-51(52)54(33-42-21-9-7-10-22-42)56(57)40-59(61)69-65-62(70)36-45-26-14-15-27-49(45)63(65)58-35-44-25-13-16-28-50(44)64-53-31-19-20-32-60(53)71(69)66(58)64/h7-32,35-41H,33-34H2,1-6H3. The molecule has 0 fully saturated rings. The van der Waals surface area contributed by atoms with E-state index in [1.54, 1.807) is 0 Å². The van der Waals surface area contributed by atoms with E-state index in [9.17, 15) is 0 Å². The Hall–Kier alpha value is -7.88. The number of fused-ring (bicyclic) bond motifs is 13. The van der Waals surface area contributed by atoms with Crippen molar-refractivity contribution in [2.45, 2.75) is 65.2 Å². The number of hydrogen-bond acceptors (Lipinski definition) is 1. The Morgan fingerprint density at radius 2 is 0.930 bits per heavy atom. The normalized spacial score (nSPS) is 13.3. The Bertz CT molecular complexity index is 4150. The first kappa shape index (κ1) is 42.0. The predicted molar refractivity (Wildman–Crippen MR) is 306 cm³/mol. The van der Waals surface area contributed by atoms with Crippen LogP contribution < -0.4 is 15.8 Å². The van der Waals surface area contributed by atoms with E-state index in [1.165, 1.54) is 137 Å². The summed E-state index contributed by atoms with van der Waals surface area (Å²) in [7, 11) is 0. The molecule has 3 heteroatoms. The topological polar surface area (TPSA) is 8.17 Å². The second-order valence-corrected chi connectivity index (χ2v) is 22.5. The summed E-state index contributed by atoms with van der Waals surface area (Å²) in [6.07, 6.45) is 1.66. The second-order valence-electron chi connectivity index (χ2n) is 22.5. The smallest absolute Gasteiger partial charge is 0.333 e. The third-order valence-electron chi connectivity index (χ3n) is 16.1. The van der Waals surface area contributed by atoms with Crippen LogP contribution in [0.4, 0.5) is 17.1 Å². The van der Waals surface area contributed by atoms with Crippen LogP contribution in [0.2, 0.25) is 0 Å². The number of nitrogens with zero attached hydrogens (tertiary/aromatic N) is 2. The first-order chi connectivity index (χ1) is 34.5. The van der Waals surface area contributed by atoms with E-state index in [4.69, 9.17) is 0 Å². The molecular weight excluding hydrogens is 856 g/mol. The van der Waals surface area contributed by atoms with Crippen molar-refractivity contribution < 1.29 is 0 Å². The Labute approximate surface area is 416 Å². The molecule has 14 rings (SSSR count). The van der Waals surface area contributed by atoms with Crippen molar-refractivity contribution >= 4 is 99.7 Å². The van der Waals surface area contributed by atoms with Gasteiger partial charge in [0, 0.05) is 44.4 Å². The molecule has 1 aromatic heterocycles. The zero-order chi connectivity index (χ0) is 47.9. The van der Waals surface area contributed by atoms with Gasteiger partial charge in [0.25, 0.3) is 0 Å². The van der Waals surface area contributed by atoms with Gasteiger partial charge in [-0.2, -0.15) is 0 Å². The van der Waals surface area contributed by atoms with Crippen molar-refractivity contribution in [1.82, 2.24) is 4.48 Å². The molecule has 0 atom stereocenters. The van der Waals surface area contributed by atoms with Crippen molar-refractivity contribution in [2.75, 3.05) is 4.90 Å². The van der Waals surface area contributed by atoms with Crippen LogP contribution in [-0.4, -0.2) is 11.3 Å². The molecule has 0 spiro atoms. The Morgan fingerprint density at radius 1 is 0.423 bits per heavy atom. The van der Waals surface area contributed by atoms with E-state index in [-0.39, 0.29) is 17.7 Å². The Kier molecular flexibility index (Phi) is 9.07. The Balaban J connectivity index is 1.21. The first-order valence-corrected chi connectivity index (χ1v) is 25.5. The molecule has 0 aliphatic carbocycles. The van der Waals surface area contributed by atoms with E-state index >= 15 is 0 Å². The monoisotopic (exact) mass is 910 g/mol. The van der Waals surface area contributed by atoms with Crippen LogP contribution in [0, 0.1) is 0 Å². The van der Waals surface area contributed by atoms with Gasteiger partial charge in [-0.3, -0.25) is 0 Å². The lowest BCUT2D eigenvalue weighted by atomic mass is 9.44. The molecule has 2 nitrogen and oxygen atoms in total. The predicted octanol–water partition coefficient (Wildman–Crippen LogP) is 16.6. The molecule has 0 N–H and O–H groups in total. The maximum atomic E-state index is 2.75. The third-order valence-corrected chi connectivity index (χ3v) is 16.1. The van der Waals surface area contributed by atoms with Crippen LogP contribution >= 0.6 is 0 Å². The number of hydrogen-bond donors (Lipinski definition) is 0. The van der Waals surface area contributed by atoms with Crippen molar-refractivity contribution in [3.8, 4) is 11.1 Å². The molecule has 2 aliphatic rings. The van der Waals surface area contributed by atoms with Crippen molar-refractivity contribution in [3.63, 3.8) is 0 Å². The molecule has 0 saturated heterocycles. The van der Waals surface area contributed by atoms with E-state index in [0.29, 0.717) is 0 Å². The van der Waals surface area contributed by atoms with Gasteiger partial charge in [-0.25, -0.2) is 0 Å². The van der Waals surface area contributed by atoms with Crippen LogP contribution in [0.5, 0.6) is 0 Å². The summed E-state index contributed by atoms with van der Waals surface area (Å²) >= 11 is 0. The van der Waals surface area contributed by atoms with Gasteiger partial charge in [0.2, 0.25) is 0 Å². The number of aromatic nitrogens is 1. The molecule has 71 heavy (non-hydrogen) atoms. The highest BCUT2D eigenvalue weighted by Crippen LogP contribution is 2.51. The summed E-state index contributed by atoms with van der Waals surface area (Å²) in [5.74, 6) is 0. The molecule has 12 aromatic rings. The summed E-state index contributed by atoms with van der Waals surface area (Å²) < 4.78 is 2.75. The zero-order valence-corrected chi connectivity index (χ0v) is 41.4. The Morgan fingerprint density at radius 3 is 1.54 bits per heavy atom. The van der Waals surface area contributed by atoms with Gasteiger partial charge in [-0.15, -0.1) is 0 Å². The third kappa shape index (κ3) is 6.35. The fourth-order valence-electron chi connectivity index (χ4n) is 12.7. The summed E-state index contributed by atoms with van der Waals surface area (Å²) in [6.45, 7) is 14.1. The molecule has 0 amide bonds. The lowest BCUT2D eigenvalue weighted by molar-refractivity contribution is 0.569. The average Bonchev–Trinajstić information content (AvgIpc) is 3.73. The highest BCUT2D eigenvalue weighted by Gasteiger charge is 2.44. The van der Waals surface area contributed by atoms with E-state index in [0.717, 1.165) is 12.8 Å². The van der Waals surface area contributed by atoms with Crippen LogP contribution in [0.3, 0.4) is 0 Å². The summed E-state index contributed by atoms with van der Waals surface area (Å²) in [5.41, 5.74) is 19.6. The largest absolute Gasteiger partial charge is 0.375 e. The minimum absolute atomic E-state index is 0.0763. The molecule has 0 radical (unpaired) electrons. The SMILES string of the molecule is CC(C)(C)c1cc(N2c3cc4c(Cc5ccccc5)c5ccccc5c(Cc5ccccc5)c4cc3B3c4c2cc2ccccc2c4-c2cc4ccccc4c4c5ccccc5n3c24)cc(C(C)(C)C)c1. The van der Waals surface area contributed by atoms with Crippen LogP contribution in [0.25, 0.3) is 76.0 Å². The fraction of sp³-hybridized carbons (Fsp3) is 0.147. The van der Waals surface area contributed by atoms with Gasteiger partial charge in [-0.1, -0.05) is 205 Å². The van der Waals surface area contributed by atoms with Crippen LogP contribution in [0.15, 0.2) is 200 Å². The summed E-state index contributed by atoms with van der Waals surface area (Å²) in [4.78, 5) is 2.69. The highest BCUT2D eigenvalue weighted by molar-refractivity contribution is 6.90. The van der Waals surface area contributed by atoms with E-state index in [2.05, 4.69) is 251 Å². The van der Waals surface area contributed by atoms with Gasteiger partial charge >= 0.3 is 6.85 Å². The molecule has 340 valence electrons. The summed E-state index contributed by atoms with van der Waals surface area (Å²) in [6, 6.07) is 76.7.